The molecule has 0 aromatic heterocycles. The second-order valence-electron chi connectivity index (χ2n) is 6.48. The van der Waals surface area contributed by atoms with E-state index in [9.17, 15) is 14.4 Å². The number of carbonyl (C=O) groups excluding carboxylic acids is 3. The maximum Gasteiger partial charge on any atom is 0.312 e. The standard InChI is InChI=1S/C23H24O6S3/c24-21(7-10-30)27-18-5-3-16(4-6-18)1-2-17-13-19(28-22(25)8-11-31)15-20(14-17)29-23(26)9-12-32/h1-6,13-15,30-32H,7-12H2/b2-1+. The van der Waals surface area contributed by atoms with Crippen molar-refractivity contribution in [2.75, 3.05) is 17.3 Å². The highest BCUT2D eigenvalue weighted by Crippen LogP contribution is 2.26. The molecule has 2 aromatic rings. The second kappa shape index (κ2) is 13.9. The third-order valence-electron chi connectivity index (χ3n) is 3.89. The van der Waals surface area contributed by atoms with E-state index in [0.717, 1.165) is 5.56 Å². The van der Waals surface area contributed by atoms with E-state index in [1.165, 1.54) is 6.07 Å². The van der Waals surface area contributed by atoms with Crippen molar-refractivity contribution < 1.29 is 28.6 Å². The number of thiol groups is 3. The molecule has 6 nitrogen and oxygen atoms in total. The van der Waals surface area contributed by atoms with Crippen molar-refractivity contribution in [3.63, 3.8) is 0 Å². The minimum absolute atomic E-state index is 0.156. The minimum atomic E-state index is -0.434. The Kier molecular flexibility index (Phi) is 11.3. The number of rotatable bonds is 11. The Bertz CT molecular complexity index is 918. The Morgan fingerprint density at radius 2 is 1.00 bits per heavy atom. The molecule has 0 N–H and O–H groups in total. The zero-order valence-electron chi connectivity index (χ0n) is 17.2. The molecule has 0 saturated carbocycles. The summed E-state index contributed by atoms with van der Waals surface area (Å²) in [6, 6.07) is 11.8. The summed E-state index contributed by atoms with van der Waals surface area (Å²) >= 11 is 12.1. The monoisotopic (exact) mass is 492 g/mol. The number of ether oxygens (including phenoxy) is 3. The van der Waals surface area contributed by atoms with Gasteiger partial charge in [-0.05, 0) is 35.4 Å². The number of esters is 3. The van der Waals surface area contributed by atoms with E-state index >= 15 is 0 Å². The summed E-state index contributed by atoms with van der Waals surface area (Å²) in [5.74, 6) is 0.920. The molecule has 0 atom stereocenters. The summed E-state index contributed by atoms with van der Waals surface area (Å²) in [6.07, 6.45) is 4.16. The topological polar surface area (TPSA) is 78.9 Å². The Labute approximate surface area is 203 Å². The Balaban J connectivity index is 2.18. The Morgan fingerprint density at radius 1 is 0.594 bits per heavy atom. The molecular formula is C23H24O6S3. The molecule has 170 valence electrons. The molecule has 9 heteroatoms. The maximum atomic E-state index is 11.8. The van der Waals surface area contributed by atoms with Crippen molar-refractivity contribution in [1.29, 1.82) is 0 Å². The molecule has 0 unspecified atom stereocenters. The first kappa shape index (κ1) is 25.9. The number of hydrogen-bond acceptors (Lipinski definition) is 9. The summed E-state index contributed by atoms with van der Waals surface area (Å²) in [5.41, 5.74) is 1.52. The summed E-state index contributed by atoms with van der Waals surface area (Å²) < 4.78 is 15.8. The molecule has 0 fully saturated rings. The van der Waals surface area contributed by atoms with Crippen molar-refractivity contribution in [3.05, 3.63) is 53.6 Å². The summed E-state index contributed by atoms with van der Waals surface area (Å²) in [6.45, 7) is 0. The molecule has 0 aliphatic heterocycles. The van der Waals surface area contributed by atoms with Crippen LogP contribution >= 0.6 is 37.9 Å². The van der Waals surface area contributed by atoms with E-state index < -0.39 is 11.9 Å². The van der Waals surface area contributed by atoms with Crippen molar-refractivity contribution >= 4 is 67.9 Å². The van der Waals surface area contributed by atoms with E-state index in [-0.39, 0.29) is 36.7 Å². The Hall–Kier alpha value is -2.36. The van der Waals surface area contributed by atoms with Crippen molar-refractivity contribution in [2.24, 2.45) is 0 Å². The number of carbonyl (C=O) groups is 3. The molecule has 32 heavy (non-hydrogen) atoms. The molecule has 0 aliphatic carbocycles. The lowest BCUT2D eigenvalue weighted by Gasteiger charge is -2.09. The van der Waals surface area contributed by atoms with Gasteiger partial charge in [0, 0.05) is 23.3 Å². The molecule has 0 heterocycles. The second-order valence-corrected chi connectivity index (χ2v) is 7.82. The van der Waals surface area contributed by atoms with Gasteiger partial charge in [-0.1, -0.05) is 24.3 Å². The quantitative estimate of drug-likeness (QED) is 0.185. The van der Waals surface area contributed by atoms with Gasteiger partial charge in [0.15, 0.2) is 0 Å². The van der Waals surface area contributed by atoms with E-state index in [4.69, 9.17) is 14.2 Å². The van der Waals surface area contributed by atoms with Crippen LogP contribution in [0, 0.1) is 0 Å². The average Bonchev–Trinajstić information content (AvgIpc) is 2.73. The highest BCUT2D eigenvalue weighted by atomic mass is 32.1. The fourth-order valence-electron chi connectivity index (χ4n) is 2.47. The van der Waals surface area contributed by atoms with Gasteiger partial charge in [-0.15, -0.1) is 0 Å². The predicted octanol–water partition coefficient (Wildman–Crippen LogP) is 4.53. The fourth-order valence-corrected chi connectivity index (χ4v) is 3.02. The summed E-state index contributed by atoms with van der Waals surface area (Å²) in [4.78, 5) is 35.2. The van der Waals surface area contributed by atoms with Gasteiger partial charge in [-0.3, -0.25) is 14.4 Å². The van der Waals surface area contributed by atoms with Crippen LogP contribution in [-0.2, 0) is 14.4 Å². The van der Waals surface area contributed by atoms with E-state index in [0.29, 0.717) is 28.6 Å². The van der Waals surface area contributed by atoms with E-state index in [1.807, 2.05) is 6.08 Å². The minimum Gasteiger partial charge on any atom is -0.427 e. The van der Waals surface area contributed by atoms with Crippen LogP contribution in [0.25, 0.3) is 12.2 Å². The van der Waals surface area contributed by atoms with Crippen LogP contribution in [0.4, 0.5) is 0 Å². The van der Waals surface area contributed by atoms with Crippen LogP contribution in [0.1, 0.15) is 30.4 Å². The van der Waals surface area contributed by atoms with Crippen LogP contribution < -0.4 is 14.2 Å². The largest absolute Gasteiger partial charge is 0.427 e. The van der Waals surface area contributed by atoms with E-state index in [1.54, 1.807) is 42.5 Å². The summed E-state index contributed by atoms with van der Waals surface area (Å²) in [5, 5.41) is 0. The zero-order valence-corrected chi connectivity index (χ0v) is 19.9. The van der Waals surface area contributed by atoms with Crippen molar-refractivity contribution in [2.45, 2.75) is 19.3 Å². The van der Waals surface area contributed by atoms with Crippen molar-refractivity contribution in [1.82, 2.24) is 0 Å². The Morgan fingerprint density at radius 3 is 1.44 bits per heavy atom. The number of hydrogen-bond donors (Lipinski definition) is 3. The van der Waals surface area contributed by atoms with Gasteiger partial charge in [0.2, 0.25) is 0 Å². The van der Waals surface area contributed by atoms with Gasteiger partial charge in [0.1, 0.15) is 17.2 Å². The molecule has 0 radical (unpaired) electrons. The van der Waals surface area contributed by atoms with Crippen LogP contribution in [0.3, 0.4) is 0 Å². The van der Waals surface area contributed by atoms with Crippen LogP contribution in [0.15, 0.2) is 42.5 Å². The average molecular weight is 493 g/mol. The lowest BCUT2D eigenvalue weighted by atomic mass is 10.1. The van der Waals surface area contributed by atoms with Gasteiger partial charge < -0.3 is 14.2 Å². The van der Waals surface area contributed by atoms with Crippen LogP contribution in [0.5, 0.6) is 17.2 Å². The molecule has 0 spiro atoms. The number of benzene rings is 2. The molecule has 0 bridgehead atoms. The van der Waals surface area contributed by atoms with E-state index in [2.05, 4.69) is 37.9 Å². The summed E-state index contributed by atoms with van der Waals surface area (Å²) in [7, 11) is 0. The van der Waals surface area contributed by atoms with Gasteiger partial charge >= 0.3 is 17.9 Å². The first-order valence-corrected chi connectivity index (χ1v) is 11.7. The third-order valence-corrected chi connectivity index (χ3v) is 4.56. The first-order valence-electron chi connectivity index (χ1n) is 9.81. The molecule has 2 aromatic carbocycles. The molecule has 2 rings (SSSR count). The highest BCUT2D eigenvalue weighted by molar-refractivity contribution is 7.80. The lowest BCUT2D eigenvalue weighted by Crippen LogP contribution is -2.10. The predicted molar refractivity (Wildman–Crippen MR) is 134 cm³/mol. The fraction of sp³-hybridized carbons (Fsp3) is 0.261. The molecule has 0 saturated heterocycles. The normalized spacial score (nSPS) is 10.7. The van der Waals surface area contributed by atoms with Crippen LogP contribution in [-0.4, -0.2) is 35.2 Å². The zero-order chi connectivity index (χ0) is 23.3. The third kappa shape index (κ3) is 9.42. The highest BCUT2D eigenvalue weighted by Gasteiger charge is 2.10. The molecule has 0 aliphatic rings. The SMILES string of the molecule is O=C(CCS)Oc1ccc(/C=C/c2cc(OC(=O)CCS)cc(OC(=O)CCS)c2)cc1. The van der Waals surface area contributed by atoms with Gasteiger partial charge in [0.05, 0.1) is 19.3 Å². The van der Waals surface area contributed by atoms with Crippen molar-refractivity contribution in [3.8, 4) is 17.2 Å². The molecule has 0 amide bonds. The molecular weight excluding hydrogens is 468 g/mol. The van der Waals surface area contributed by atoms with Gasteiger partial charge in [0.25, 0.3) is 0 Å². The smallest absolute Gasteiger partial charge is 0.312 e. The lowest BCUT2D eigenvalue weighted by molar-refractivity contribution is -0.135. The van der Waals surface area contributed by atoms with Gasteiger partial charge in [-0.2, -0.15) is 37.9 Å². The first-order chi connectivity index (χ1) is 15.4. The maximum absolute atomic E-state index is 11.8. The van der Waals surface area contributed by atoms with Gasteiger partial charge in [-0.25, -0.2) is 0 Å². The van der Waals surface area contributed by atoms with Crippen LogP contribution in [0.2, 0.25) is 0 Å².